The van der Waals surface area contributed by atoms with E-state index in [9.17, 15) is 14.4 Å². The van der Waals surface area contributed by atoms with Gasteiger partial charge in [-0.3, -0.25) is 19.3 Å². The van der Waals surface area contributed by atoms with E-state index in [1.807, 2.05) is 55.5 Å². The van der Waals surface area contributed by atoms with Crippen molar-refractivity contribution in [2.24, 2.45) is 29.6 Å². The van der Waals surface area contributed by atoms with Crippen LogP contribution in [-0.4, -0.2) is 22.0 Å². The van der Waals surface area contributed by atoms with Gasteiger partial charge >= 0.3 is 4.87 Å². The molecule has 0 spiro atoms. The molecular formula is C26H21ClN2O3S2. The Morgan fingerprint density at radius 2 is 1.62 bits per heavy atom. The van der Waals surface area contributed by atoms with Crippen LogP contribution in [0.5, 0.6) is 0 Å². The van der Waals surface area contributed by atoms with Crippen molar-refractivity contribution in [2.75, 3.05) is 4.90 Å². The molecule has 2 aliphatic carbocycles. The lowest BCUT2D eigenvalue weighted by Gasteiger charge is -2.43. The van der Waals surface area contributed by atoms with Crippen molar-refractivity contribution in [1.29, 1.82) is 0 Å². The summed E-state index contributed by atoms with van der Waals surface area (Å²) in [6.07, 6.45) is 0.889. The molecule has 3 fully saturated rings. The van der Waals surface area contributed by atoms with Gasteiger partial charge in [0.25, 0.3) is 0 Å². The quantitative estimate of drug-likeness (QED) is 0.490. The molecule has 7 rings (SSSR count). The fraction of sp³-hybridized carbons (Fsp3) is 0.346. The fourth-order valence-corrected chi connectivity index (χ4v) is 10.0. The van der Waals surface area contributed by atoms with Crippen LogP contribution in [0, 0.1) is 36.5 Å². The van der Waals surface area contributed by atoms with E-state index in [4.69, 9.17) is 11.6 Å². The molecule has 2 aliphatic heterocycles. The molecule has 172 valence electrons. The van der Waals surface area contributed by atoms with Crippen molar-refractivity contribution in [1.82, 2.24) is 4.98 Å². The molecule has 1 aromatic heterocycles. The number of amides is 2. The van der Waals surface area contributed by atoms with Crippen molar-refractivity contribution < 1.29 is 9.59 Å². The first-order valence-corrected chi connectivity index (χ1v) is 13.6. The lowest BCUT2D eigenvalue weighted by atomic mass is 9.68. The van der Waals surface area contributed by atoms with E-state index in [1.54, 1.807) is 11.8 Å². The Hall–Kier alpha value is -2.35. The number of hydrogen-bond donors (Lipinski definition) is 1. The first-order valence-electron chi connectivity index (χ1n) is 11.5. The number of carbonyl (C=O) groups excluding carboxylic acids is 2. The van der Waals surface area contributed by atoms with E-state index in [0.717, 1.165) is 27.5 Å². The summed E-state index contributed by atoms with van der Waals surface area (Å²) in [6.45, 7) is 1.99. The van der Waals surface area contributed by atoms with Gasteiger partial charge in [-0.15, -0.1) is 11.8 Å². The minimum atomic E-state index is -0.285. The van der Waals surface area contributed by atoms with Gasteiger partial charge in [-0.2, -0.15) is 0 Å². The van der Waals surface area contributed by atoms with E-state index >= 15 is 0 Å². The summed E-state index contributed by atoms with van der Waals surface area (Å²) in [5, 5.41) is 1.79. The Kier molecular flexibility index (Phi) is 4.52. The number of fused-ring (bicyclic) bond motifs is 9. The lowest BCUT2D eigenvalue weighted by Crippen LogP contribution is -2.42. The van der Waals surface area contributed by atoms with Gasteiger partial charge in [-0.05, 0) is 60.9 Å². The average molecular weight is 509 g/mol. The predicted octanol–water partition coefficient (Wildman–Crippen LogP) is 5.08. The SMILES string of the molecule is Cc1ccc(N2C(=O)[C@H]3[C@@H]4C[C@H]([C@@H]3C2=O)[C@H]2[C@H](c3ccc(Cl)cc3)c3sc(=O)[nH]c3S[C@H]42)cc1. The monoisotopic (exact) mass is 508 g/mol. The fourth-order valence-electron chi connectivity index (χ4n) is 7.01. The number of anilines is 1. The van der Waals surface area contributed by atoms with Crippen LogP contribution in [0.15, 0.2) is 58.4 Å². The van der Waals surface area contributed by atoms with Crippen LogP contribution in [0.3, 0.4) is 0 Å². The molecule has 8 heteroatoms. The summed E-state index contributed by atoms with van der Waals surface area (Å²) in [7, 11) is 0. The first kappa shape index (κ1) is 21.0. The molecule has 0 radical (unpaired) electrons. The van der Waals surface area contributed by atoms with Gasteiger partial charge < -0.3 is 4.98 Å². The molecule has 1 saturated heterocycles. The Morgan fingerprint density at radius 1 is 0.941 bits per heavy atom. The van der Waals surface area contributed by atoms with Gasteiger partial charge in [0, 0.05) is 21.1 Å². The predicted molar refractivity (Wildman–Crippen MR) is 134 cm³/mol. The molecule has 2 saturated carbocycles. The molecule has 2 aromatic carbocycles. The number of carbonyl (C=O) groups is 2. The number of nitrogens with one attached hydrogen (secondary N) is 1. The number of benzene rings is 2. The van der Waals surface area contributed by atoms with Crippen LogP contribution in [0.25, 0.3) is 0 Å². The molecule has 1 N–H and O–H groups in total. The minimum Gasteiger partial charge on any atom is -0.307 e. The number of thioether (sulfide) groups is 1. The maximum atomic E-state index is 13.7. The third kappa shape index (κ3) is 2.77. The number of aryl methyl sites for hydroxylation is 1. The second-order valence-corrected chi connectivity index (χ2v) is 12.5. The van der Waals surface area contributed by atoms with Gasteiger partial charge in [0.1, 0.15) is 0 Å². The number of halogens is 1. The van der Waals surface area contributed by atoms with E-state index < -0.39 is 0 Å². The van der Waals surface area contributed by atoms with Gasteiger partial charge in [0.05, 0.1) is 22.5 Å². The van der Waals surface area contributed by atoms with Crippen LogP contribution in [0.1, 0.15) is 28.3 Å². The molecule has 2 amide bonds. The molecule has 34 heavy (non-hydrogen) atoms. The molecule has 2 bridgehead atoms. The zero-order chi connectivity index (χ0) is 23.3. The van der Waals surface area contributed by atoms with Crippen molar-refractivity contribution >= 4 is 52.2 Å². The van der Waals surface area contributed by atoms with E-state index in [1.165, 1.54) is 16.2 Å². The van der Waals surface area contributed by atoms with Crippen LogP contribution < -0.4 is 9.77 Å². The molecular weight excluding hydrogens is 488 g/mol. The Balaban J connectivity index is 1.32. The normalized spacial score (nSPS) is 33.2. The molecule has 5 nitrogen and oxygen atoms in total. The van der Waals surface area contributed by atoms with Crippen LogP contribution in [0.2, 0.25) is 5.02 Å². The highest BCUT2D eigenvalue weighted by molar-refractivity contribution is 8.00. The highest BCUT2D eigenvalue weighted by atomic mass is 35.5. The number of H-pyrrole nitrogens is 1. The highest BCUT2D eigenvalue weighted by Gasteiger charge is 2.69. The second kappa shape index (κ2) is 7.33. The number of thiazole rings is 1. The van der Waals surface area contributed by atoms with Crippen LogP contribution >= 0.6 is 34.7 Å². The first-order chi connectivity index (χ1) is 16.4. The topological polar surface area (TPSA) is 70.2 Å². The molecule has 7 atom stereocenters. The third-order valence-electron chi connectivity index (χ3n) is 8.25. The van der Waals surface area contributed by atoms with Crippen molar-refractivity contribution in [3.63, 3.8) is 0 Å². The highest BCUT2D eigenvalue weighted by Crippen LogP contribution is 2.68. The summed E-state index contributed by atoms with van der Waals surface area (Å²) >= 11 is 9.16. The standard InChI is InChI=1S/C26H21ClN2O3S2/c1-11-2-8-14(9-3-11)29-24(30)19-15-10-16(20(19)25(29)31)21-18(15)17(12-4-6-13(27)7-5-12)22-23(33-21)28-26(32)34-22/h2-9,15-21H,10H2,1H3,(H,28,32)/t15-,16-,17-,18-,19-,20-,21+/m0/s1. The smallest absolute Gasteiger partial charge is 0.305 e. The Bertz CT molecular complexity index is 1400. The molecule has 4 aliphatic rings. The van der Waals surface area contributed by atoms with Gasteiger partial charge in [-0.25, -0.2) is 0 Å². The van der Waals surface area contributed by atoms with Gasteiger partial charge in [0.2, 0.25) is 11.8 Å². The van der Waals surface area contributed by atoms with E-state index in [2.05, 4.69) is 4.98 Å². The number of aromatic nitrogens is 1. The molecule has 3 heterocycles. The lowest BCUT2D eigenvalue weighted by molar-refractivity contribution is -0.123. The summed E-state index contributed by atoms with van der Waals surface area (Å²) in [4.78, 5) is 45.1. The number of imide groups is 1. The van der Waals surface area contributed by atoms with E-state index in [-0.39, 0.29) is 57.4 Å². The minimum absolute atomic E-state index is 0.0229. The summed E-state index contributed by atoms with van der Waals surface area (Å²) < 4.78 is 0. The second-order valence-electron chi connectivity index (χ2n) is 9.86. The Morgan fingerprint density at radius 3 is 2.32 bits per heavy atom. The van der Waals surface area contributed by atoms with Crippen LogP contribution in [0.4, 0.5) is 5.69 Å². The van der Waals surface area contributed by atoms with Crippen molar-refractivity contribution in [3.8, 4) is 0 Å². The van der Waals surface area contributed by atoms with Crippen molar-refractivity contribution in [2.45, 2.75) is 29.5 Å². The maximum absolute atomic E-state index is 13.7. The zero-order valence-electron chi connectivity index (χ0n) is 18.2. The molecule has 0 unspecified atom stereocenters. The number of hydrogen-bond acceptors (Lipinski definition) is 5. The number of aromatic amines is 1. The largest absolute Gasteiger partial charge is 0.307 e. The van der Waals surface area contributed by atoms with Crippen LogP contribution in [-0.2, 0) is 9.59 Å². The van der Waals surface area contributed by atoms with Gasteiger partial charge in [-0.1, -0.05) is 52.8 Å². The summed E-state index contributed by atoms with van der Waals surface area (Å²) in [5.74, 6) is -0.205. The third-order valence-corrected chi connectivity index (χ3v) is 11.1. The zero-order valence-corrected chi connectivity index (χ0v) is 20.6. The van der Waals surface area contributed by atoms with E-state index in [0.29, 0.717) is 10.7 Å². The Labute approximate surface area is 209 Å². The number of nitrogens with zero attached hydrogens (tertiary/aromatic N) is 1. The molecule has 3 aromatic rings. The van der Waals surface area contributed by atoms with Crippen molar-refractivity contribution in [3.05, 3.63) is 79.2 Å². The van der Waals surface area contributed by atoms with Gasteiger partial charge in [0.15, 0.2) is 0 Å². The average Bonchev–Trinajstić information content (AvgIpc) is 3.54. The number of rotatable bonds is 2. The summed E-state index contributed by atoms with van der Waals surface area (Å²) in [6, 6.07) is 15.5. The summed E-state index contributed by atoms with van der Waals surface area (Å²) in [5.41, 5.74) is 2.88. The maximum Gasteiger partial charge on any atom is 0.305 e.